The largest absolute Gasteiger partial charge is 0.395 e. The summed E-state index contributed by atoms with van der Waals surface area (Å²) in [5, 5.41) is 14.4. The molecule has 2 heterocycles. The molecule has 0 fully saturated rings. The number of hydrogen-bond donors (Lipinski definition) is 2. The molecule has 27 heavy (non-hydrogen) atoms. The van der Waals surface area contributed by atoms with Gasteiger partial charge in [0.25, 0.3) is 11.5 Å². The van der Waals surface area contributed by atoms with E-state index < -0.39 is 0 Å². The van der Waals surface area contributed by atoms with Gasteiger partial charge in [-0.3, -0.25) is 14.0 Å². The highest BCUT2D eigenvalue weighted by Gasteiger charge is 2.19. The Labute approximate surface area is 153 Å². The quantitative estimate of drug-likeness (QED) is 0.519. The molecule has 5 aromatic rings. The minimum atomic E-state index is -0.278. The lowest BCUT2D eigenvalue weighted by atomic mass is 9.97. The highest BCUT2D eigenvalue weighted by molar-refractivity contribution is 6.20. The van der Waals surface area contributed by atoms with Gasteiger partial charge in [-0.2, -0.15) is 0 Å². The second-order valence-corrected chi connectivity index (χ2v) is 6.43. The van der Waals surface area contributed by atoms with Crippen LogP contribution in [0.15, 0.2) is 59.4 Å². The molecule has 0 saturated carbocycles. The Balaban J connectivity index is 1.94. The summed E-state index contributed by atoms with van der Waals surface area (Å²) in [6, 6.07) is 16.5. The summed E-state index contributed by atoms with van der Waals surface area (Å²) < 4.78 is 1.64. The van der Waals surface area contributed by atoms with Crippen LogP contribution in [0.4, 0.5) is 0 Å². The van der Waals surface area contributed by atoms with Crippen molar-refractivity contribution < 1.29 is 9.90 Å². The fraction of sp³-hybridized carbons (Fsp3) is 0.0952. The zero-order valence-electron chi connectivity index (χ0n) is 14.3. The van der Waals surface area contributed by atoms with E-state index in [1.165, 1.54) is 0 Å². The summed E-state index contributed by atoms with van der Waals surface area (Å²) in [7, 11) is 0. The van der Waals surface area contributed by atoms with Crippen LogP contribution in [-0.4, -0.2) is 33.6 Å². The van der Waals surface area contributed by atoms with Crippen molar-refractivity contribution in [3.63, 3.8) is 0 Å². The standard InChI is InChI=1S/C21H15N3O3/c25-11-10-22-20(26)13-8-9-15-18-12(13)4-3-5-14(18)19-23-16-6-1-2-7-17(16)24(19)21(15)27/h1-9,25H,10-11H2,(H,22,26). The van der Waals surface area contributed by atoms with E-state index in [2.05, 4.69) is 10.3 Å². The number of rotatable bonds is 3. The van der Waals surface area contributed by atoms with E-state index in [1.54, 1.807) is 16.5 Å². The normalized spacial score (nSPS) is 11.7. The van der Waals surface area contributed by atoms with Gasteiger partial charge in [-0.1, -0.05) is 30.3 Å². The van der Waals surface area contributed by atoms with Gasteiger partial charge >= 0.3 is 0 Å². The third-order valence-electron chi connectivity index (χ3n) is 4.92. The van der Waals surface area contributed by atoms with Gasteiger partial charge in [-0.15, -0.1) is 0 Å². The molecule has 132 valence electrons. The monoisotopic (exact) mass is 357 g/mol. The lowest BCUT2D eigenvalue weighted by Gasteiger charge is -2.11. The molecule has 1 amide bonds. The summed E-state index contributed by atoms with van der Waals surface area (Å²) in [4.78, 5) is 30.4. The molecule has 0 radical (unpaired) electrons. The minimum Gasteiger partial charge on any atom is -0.395 e. The van der Waals surface area contributed by atoms with Crippen LogP contribution < -0.4 is 10.9 Å². The Morgan fingerprint density at radius 1 is 1.00 bits per heavy atom. The van der Waals surface area contributed by atoms with Crippen LogP contribution in [0.2, 0.25) is 0 Å². The van der Waals surface area contributed by atoms with E-state index >= 15 is 0 Å². The Morgan fingerprint density at radius 2 is 1.81 bits per heavy atom. The van der Waals surface area contributed by atoms with E-state index in [-0.39, 0.29) is 24.6 Å². The van der Waals surface area contributed by atoms with Crippen molar-refractivity contribution in [3.8, 4) is 0 Å². The molecule has 2 aromatic heterocycles. The van der Waals surface area contributed by atoms with Gasteiger partial charge in [0, 0.05) is 28.3 Å². The maximum Gasteiger partial charge on any atom is 0.264 e. The first-order valence-electron chi connectivity index (χ1n) is 8.68. The number of aliphatic hydroxyl groups is 1. The highest BCUT2D eigenvalue weighted by atomic mass is 16.3. The second kappa shape index (κ2) is 5.75. The van der Waals surface area contributed by atoms with Crippen molar-refractivity contribution >= 4 is 44.1 Å². The third-order valence-corrected chi connectivity index (χ3v) is 4.92. The molecular weight excluding hydrogens is 342 g/mol. The molecule has 2 N–H and O–H groups in total. The fourth-order valence-corrected chi connectivity index (χ4v) is 3.77. The van der Waals surface area contributed by atoms with E-state index in [1.807, 2.05) is 42.5 Å². The first-order chi connectivity index (χ1) is 13.2. The van der Waals surface area contributed by atoms with Gasteiger partial charge < -0.3 is 10.4 Å². The highest BCUT2D eigenvalue weighted by Crippen LogP contribution is 2.31. The van der Waals surface area contributed by atoms with Crippen LogP contribution in [0, 0.1) is 0 Å². The molecule has 0 atom stereocenters. The molecule has 6 nitrogen and oxygen atoms in total. The van der Waals surface area contributed by atoms with E-state index in [0.29, 0.717) is 22.0 Å². The van der Waals surface area contributed by atoms with E-state index in [9.17, 15) is 9.59 Å². The van der Waals surface area contributed by atoms with Crippen molar-refractivity contribution in [3.05, 3.63) is 70.5 Å². The molecular formula is C21H15N3O3. The predicted molar refractivity (Wildman–Crippen MR) is 105 cm³/mol. The summed E-state index contributed by atoms with van der Waals surface area (Å²) in [5.74, 6) is -0.278. The zero-order chi connectivity index (χ0) is 18.5. The van der Waals surface area contributed by atoms with Gasteiger partial charge in [0.05, 0.1) is 17.6 Å². The molecule has 0 saturated heterocycles. The fourth-order valence-electron chi connectivity index (χ4n) is 3.77. The minimum absolute atomic E-state index is 0.129. The molecule has 0 aliphatic rings. The van der Waals surface area contributed by atoms with Crippen molar-refractivity contribution in [2.75, 3.05) is 13.2 Å². The van der Waals surface area contributed by atoms with Crippen molar-refractivity contribution in [1.29, 1.82) is 0 Å². The molecule has 0 bridgehead atoms. The zero-order valence-corrected chi connectivity index (χ0v) is 14.3. The van der Waals surface area contributed by atoms with Crippen LogP contribution in [0.1, 0.15) is 10.4 Å². The number of pyridine rings is 1. The average Bonchev–Trinajstić information content (AvgIpc) is 3.09. The SMILES string of the molecule is O=C(NCCO)c1ccc2c(=O)n3c4ccccc4nc3c3cccc1c23. The number of benzene rings is 3. The Bertz CT molecular complexity index is 1400. The lowest BCUT2D eigenvalue weighted by molar-refractivity contribution is 0.0946. The summed E-state index contributed by atoms with van der Waals surface area (Å²) in [6.45, 7) is 0.0476. The van der Waals surface area contributed by atoms with Crippen LogP contribution in [-0.2, 0) is 0 Å². The van der Waals surface area contributed by atoms with Crippen LogP contribution in [0.3, 0.4) is 0 Å². The van der Waals surface area contributed by atoms with Gasteiger partial charge in [0.15, 0.2) is 0 Å². The number of hydrogen-bond acceptors (Lipinski definition) is 4. The summed E-state index contributed by atoms with van der Waals surface area (Å²) >= 11 is 0. The van der Waals surface area contributed by atoms with Gasteiger partial charge in [0.1, 0.15) is 5.65 Å². The number of nitrogens with one attached hydrogen (secondary N) is 1. The third kappa shape index (κ3) is 2.14. The molecule has 0 unspecified atom stereocenters. The first kappa shape index (κ1) is 15.7. The summed E-state index contributed by atoms with van der Waals surface area (Å²) in [5.41, 5.74) is 2.44. The molecule has 0 spiro atoms. The average molecular weight is 357 g/mol. The van der Waals surface area contributed by atoms with Crippen molar-refractivity contribution in [2.24, 2.45) is 0 Å². The second-order valence-electron chi connectivity index (χ2n) is 6.43. The molecule has 3 aromatic carbocycles. The maximum atomic E-state index is 13.2. The van der Waals surface area contributed by atoms with Crippen molar-refractivity contribution in [2.45, 2.75) is 0 Å². The van der Waals surface area contributed by atoms with Gasteiger partial charge in [0.2, 0.25) is 0 Å². The smallest absolute Gasteiger partial charge is 0.264 e. The Morgan fingerprint density at radius 3 is 2.67 bits per heavy atom. The topological polar surface area (TPSA) is 83.7 Å². The van der Waals surface area contributed by atoms with E-state index in [4.69, 9.17) is 5.11 Å². The molecule has 0 aliphatic heterocycles. The molecule has 5 rings (SSSR count). The van der Waals surface area contributed by atoms with E-state index in [0.717, 1.165) is 21.8 Å². The number of nitrogens with zero attached hydrogens (tertiary/aromatic N) is 2. The van der Waals surface area contributed by atoms with Crippen LogP contribution in [0.5, 0.6) is 0 Å². The molecule has 6 heteroatoms. The predicted octanol–water partition coefficient (Wildman–Crippen LogP) is 2.31. The number of para-hydroxylation sites is 2. The number of carbonyl (C=O) groups is 1. The Kier molecular flexibility index (Phi) is 3.35. The summed E-state index contributed by atoms with van der Waals surface area (Å²) in [6.07, 6.45) is 0. The van der Waals surface area contributed by atoms with Gasteiger partial charge in [-0.05, 0) is 29.7 Å². The number of carbonyl (C=O) groups excluding carboxylic acids is 1. The molecule has 0 aliphatic carbocycles. The van der Waals surface area contributed by atoms with Gasteiger partial charge in [-0.25, -0.2) is 4.98 Å². The number of fused-ring (bicyclic) bond motifs is 4. The van der Waals surface area contributed by atoms with Crippen LogP contribution in [0.25, 0.3) is 38.2 Å². The Hall–Kier alpha value is -3.51. The maximum absolute atomic E-state index is 13.2. The lowest BCUT2D eigenvalue weighted by Crippen LogP contribution is -2.26. The number of imidazole rings is 1. The van der Waals surface area contributed by atoms with Crippen molar-refractivity contribution in [1.82, 2.24) is 14.7 Å². The van der Waals surface area contributed by atoms with Crippen LogP contribution >= 0.6 is 0 Å². The first-order valence-corrected chi connectivity index (χ1v) is 8.68. The number of aliphatic hydroxyl groups excluding tert-OH is 1. The number of amides is 1. The number of aromatic nitrogens is 2.